The molecule has 0 saturated heterocycles. The van der Waals surface area contributed by atoms with Crippen molar-refractivity contribution in [3.63, 3.8) is 0 Å². The second-order valence-corrected chi connectivity index (χ2v) is 18.0. The van der Waals surface area contributed by atoms with E-state index in [1.165, 1.54) is 27.8 Å². The molecule has 0 fully saturated rings. The topological polar surface area (TPSA) is 56.7 Å². The number of rotatable bonds is 10. The molecule has 0 aliphatic heterocycles. The van der Waals surface area contributed by atoms with Crippen LogP contribution in [0.1, 0.15) is 72.7 Å². The summed E-state index contributed by atoms with van der Waals surface area (Å²) in [7, 11) is 0. The Labute approximate surface area is 397 Å². The van der Waals surface area contributed by atoms with Crippen molar-refractivity contribution in [1.82, 2.24) is 19.5 Å². The van der Waals surface area contributed by atoms with Gasteiger partial charge < -0.3 is 8.98 Å². The molecule has 6 aromatic carbocycles. The molecular weight excluding hydrogens is 829 g/mol. The highest BCUT2D eigenvalue weighted by atomic mass is 16.3. The van der Waals surface area contributed by atoms with E-state index in [9.17, 15) is 0 Å². The number of allylic oxidation sites excluding steroid dienone is 12. The first-order valence-electron chi connectivity index (χ1n) is 24.0. The SMILES string of the molecule is C=Cc1c(CC)c2c3oc4ccccc4c3ccc2n1-c1c(-c2ccccc2)cc(-c2nc(C3=CC(c4ccccc4)CC(C4=CC=CCC4)=C3)nc(-c3ccccc3)n2)cc1C1C=CC=CC1. The molecule has 5 heteroatoms. The van der Waals surface area contributed by atoms with E-state index in [1.54, 1.807) is 0 Å². The number of furan rings is 1. The normalized spacial score (nSPS) is 16.9. The highest BCUT2D eigenvalue weighted by Crippen LogP contribution is 2.46. The van der Waals surface area contributed by atoms with Gasteiger partial charge in [0.2, 0.25) is 0 Å². The Balaban J connectivity index is 1.13. The largest absolute Gasteiger partial charge is 0.455 e. The average Bonchev–Trinajstić information content (AvgIpc) is 3.97. The van der Waals surface area contributed by atoms with Gasteiger partial charge in [-0.15, -0.1) is 0 Å². The van der Waals surface area contributed by atoms with E-state index in [0.29, 0.717) is 17.5 Å². The van der Waals surface area contributed by atoms with Crippen molar-refractivity contribution in [2.45, 2.75) is 50.9 Å². The first-order valence-corrected chi connectivity index (χ1v) is 24.0. The van der Waals surface area contributed by atoms with Gasteiger partial charge in [-0.3, -0.25) is 0 Å². The Bertz CT molecular complexity index is 3620. The van der Waals surface area contributed by atoms with Crippen LogP contribution in [-0.4, -0.2) is 19.5 Å². The van der Waals surface area contributed by atoms with Crippen molar-refractivity contribution in [1.29, 1.82) is 0 Å². The van der Waals surface area contributed by atoms with Crippen molar-refractivity contribution < 1.29 is 4.42 Å². The summed E-state index contributed by atoms with van der Waals surface area (Å²) in [5.74, 6) is 2.18. The van der Waals surface area contributed by atoms with E-state index in [0.717, 1.165) is 104 Å². The van der Waals surface area contributed by atoms with Gasteiger partial charge in [0.05, 0.1) is 11.2 Å². The van der Waals surface area contributed by atoms with E-state index >= 15 is 0 Å². The third-order valence-electron chi connectivity index (χ3n) is 14.0. The first-order chi connectivity index (χ1) is 33.6. The minimum Gasteiger partial charge on any atom is -0.455 e. The van der Waals surface area contributed by atoms with Crippen molar-refractivity contribution >= 4 is 44.5 Å². The van der Waals surface area contributed by atoms with Crippen molar-refractivity contribution in [2.24, 2.45) is 0 Å². The Morgan fingerprint density at radius 1 is 0.691 bits per heavy atom. The van der Waals surface area contributed by atoms with Gasteiger partial charge in [0.15, 0.2) is 17.5 Å². The second-order valence-electron chi connectivity index (χ2n) is 18.0. The Morgan fingerprint density at radius 3 is 2.16 bits per heavy atom. The van der Waals surface area contributed by atoms with Gasteiger partial charge in [0.25, 0.3) is 0 Å². The summed E-state index contributed by atoms with van der Waals surface area (Å²) in [6.45, 7) is 6.72. The first kappa shape index (κ1) is 41.3. The van der Waals surface area contributed by atoms with E-state index in [4.69, 9.17) is 19.4 Å². The van der Waals surface area contributed by atoms with Gasteiger partial charge in [-0.05, 0) is 108 Å². The molecular formula is C63H50N4O. The maximum absolute atomic E-state index is 6.77. The zero-order chi connectivity index (χ0) is 45.6. The van der Waals surface area contributed by atoms with Gasteiger partial charge in [-0.2, -0.15) is 0 Å². The predicted molar refractivity (Wildman–Crippen MR) is 282 cm³/mol. The maximum Gasteiger partial charge on any atom is 0.164 e. The summed E-state index contributed by atoms with van der Waals surface area (Å²) < 4.78 is 9.22. The zero-order valence-corrected chi connectivity index (χ0v) is 38.1. The number of aryl methyl sites for hydroxylation is 1. The third-order valence-corrected chi connectivity index (χ3v) is 14.0. The van der Waals surface area contributed by atoms with Gasteiger partial charge >= 0.3 is 0 Å². The Morgan fingerprint density at radius 2 is 1.43 bits per heavy atom. The summed E-state index contributed by atoms with van der Waals surface area (Å²) in [6.07, 6.45) is 27.0. The fraction of sp³-hybridized carbons (Fsp3) is 0.127. The lowest BCUT2D eigenvalue weighted by Gasteiger charge is -2.25. The second kappa shape index (κ2) is 17.6. The van der Waals surface area contributed by atoms with Crippen LogP contribution in [0.25, 0.3) is 84.1 Å². The minimum absolute atomic E-state index is 0.0680. The molecule has 3 aliphatic rings. The molecule has 3 aromatic heterocycles. The summed E-state index contributed by atoms with van der Waals surface area (Å²) in [5, 5.41) is 3.36. The van der Waals surface area contributed by atoms with Crippen LogP contribution < -0.4 is 0 Å². The van der Waals surface area contributed by atoms with E-state index in [2.05, 4.69) is 200 Å². The van der Waals surface area contributed by atoms with Crippen molar-refractivity contribution in [2.75, 3.05) is 0 Å². The lowest BCUT2D eigenvalue weighted by Crippen LogP contribution is -2.11. The van der Waals surface area contributed by atoms with Crippen LogP contribution in [0.15, 0.2) is 216 Å². The molecule has 3 aliphatic carbocycles. The Hall–Kier alpha value is -8.15. The van der Waals surface area contributed by atoms with Crippen LogP contribution in [0, 0.1) is 0 Å². The molecule has 0 saturated carbocycles. The summed E-state index contributed by atoms with van der Waals surface area (Å²) >= 11 is 0. The molecule has 5 nitrogen and oxygen atoms in total. The molecule has 2 atom stereocenters. The molecule has 0 bridgehead atoms. The van der Waals surface area contributed by atoms with Crippen LogP contribution >= 0.6 is 0 Å². The van der Waals surface area contributed by atoms with Gasteiger partial charge in [0.1, 0.15) is 11.2 Å². The highest BCUT2D eigenvalue weighted by molar-refractivity contribution is 6.16. The number of para-hydroxylation sites is 1. The smallest absolute Gasteiger partial charge is 0.164 e. The molecule has 9 aromatic rings. The molecule has 2 unspecified atom stereocenters. The highest BCUT2D eigenvalue weighted by Gasteiger charge is 2.29. The predicted octanol–water partition coefficient (Wildman–Crippen LogP) is 16.3. The zero-order valence-electron chi connectivity index (χ0n) is 38.1. The van der Waals surface area contributed by atoms with Crippen molar-refractivity contribution in [3.05, 3.63) is 240 Å². The molecule has 0 radical (unpaired) electrons. The number of hydrogen-bond acceptors (Lipinski definition) is 4. The quantitative estimate of drug-likeness (QED) is 0.137. The van der Waals surface area contributed by atoms with Crippen LogP contribution in [0.3, 0.4) is 0 Å². The standard InChI is InChI=1S/C63H50N4O/c1-3-50-55(4-2)67(56-35-34-52-51-32-20-21-33-57(51)68-60(52)58(50)56)59-53(43-26-14-7-15-27-43)39-49(40-54(59)44-28-16-8-17-29-44)63-65-61(45-30-18-9-19-31-45)64-62(66-63)48-37-46(41-22-10-5-11-23-41)36-47(38-48)42-24-12-6-13-25-42/h4-12,14-24,26-28,30-35,37-40,44,46H,2-3,13,25,29,36H2,1H3. The molecule has 328 valence electrons. The van der Waals surface area contributed by atoms with Gasteiger partial charge in [-0.1, -0.05) is 171 Å². The van der Waals surface area contributed by atoms with E-state index in [-0.39, 0.29) is 11.8 Å². The molecule has 0 amide bonds. The summed E-state index contributed by atoms with van der Waals surface area (Å²) in [5.41, 5.74) is 16.5. The van der Waals surface area contributed by atoms with E-state index in [1.807, 2.05) is 18.2 Å². The minimum atomic E-state index is 0.0680. The summed E-state index contributed by atoms with van der Waals surface area (Å²) in [6, 6.07) is 49.4. The van der Waals surface area contributed by atoms with Crippen LogP contribution in [0.4, 0.5) is 0 Å². The molecule has 3 heterocycles. The fourth-order valence-corrected chi connectivity index (χ4v) is 10.7. The fourth-order valence-electron chi connectivity index (χ4n) is 10.7. The lowest BCUT2D eigenvalue weighted by molar-refractivity contribution is 0.672. The maximum atomic E-state index is 6.77. The van der Waals surface area contributed by atoms with E-state index < -0.39 is 0 Å². The van der Waals surface area contributed by atoms with Crippen LogP contribution in [0.5, 0.6) is 0 Å². The van der Waals surface area contributed by atoms with Crippen LogP contribution in [-0.2, 0) is 6.42 Å². The molecule has 68 heavy (non-hydrogen) atoms. The monoisotopic (exact) mass is 878 g/mol. The van der Waals surface area contributed by atoms with Gasteiger partial charge in [-0.25, -0.2) is 15.0 Å². The van der Waals surface area contributed by atoms with Crippen LogP contribution in [0.2, 0.25) is 0 Å². The molecule has 12 rings (SSSR count). The third kappa shape index (κ3) is 7.32. The number of benzene rings is 6. The number of nitrogens with zero attached hydrogens (tertiary/aromatic N) is 4. The van der Waals surface area contributed by atoms with Crippen molar-refractivity contribution in [3.8, 4) is 39.6 Å². The lowest BCUT2D eigenvalue weighted by atomic mass is 9.81. The molecule has 0 N–H and O–H groups in total. The average molecular weight is 879 g/mol. The Kier molecular flexibility index (Phi) is 10.7. The van der Waals surface area contributed by atoms with Gasteiger partial charge in [0, 0.05) is 56.0 Å². The number of aromatic nitrogens is 4. The summed E-state index contributed by atoms with van der Waals surface area (Å²) in [4.78, 5) is 16.2. The number of fused-ring (bicyclic) bond motifs is 5. The number of hydrogen-bond donors (Lipinski definition) is 0. The molecule has 0 spiro atoms.